The van der Waals surface area contributed by atoms with Crippen molar-refractivity contribution in [3.63, 3.8) is 0 Å². The van der Waals surface area contributed by atoms with Gasteiger partial charge in [0, 0.05) is 24.7 Å². The maximum Gasteiger partial charge on any atom is 0.270 e. The Labute approximate surface area is 129 Å². The van der Waals surface area contributed by atoms with Crippen molar-refractivity contribution in [1.29, 1.82) is 0 Å². The Hall–Kier alpha value is -2.80. The van der Waals surface area contributed by atoms with Gasteiger partial charge in [-0.15, -0.1) is 5.10 Å². The zero-order chi connectivity index (χ0) is 15.5. The molecule has 6 nitrogen and oxygen atoms in total. The summed E-state index contributed by atoms with van der Waals surface area (Å²) in [6.45, 7) is 0. The number of hydrogen-bond donors (Lipinski definition) is 0. The number of para-hydroxylation sites is 1. The molecule has 0 aliphatic carbocycles. The number of rotatable bonds is 3. The van der Waals surface area contributed by atoms with Gasteiger partial charge in [0.25, 0.3) is 5.69 Å². The minimum absolute atomic E-state index is 0.0383. The monoisotopic (exact) mass is 312 g/mol. The molecule has 0 saturated heterocycles. The predicted octanol–water partition coefficient (Wildman–Crippen LogP) is 3.08. The van der Waals surface area contributed by atoms with Crippen molar-refractivity contribution < 1.29 is 4.92 Å². The summed E-state index contributed by atoms with van der Waals surface area (Å²) in [5, 5.41) is 19.0. The molecule has 2 aromatic carbocycles. The number of aromatic nitrogens is 1. The van der Waals surface area contributed by atoms with Gasteiger partial charge in [-0.1, -0.05) is 35.6 Å². The van der Waals surface area contributed by atoms with Crippen molar-refractivity contribution >= 4 is 33.5 Å². The second kappa shape index (κ2) is 5.90. The third-order valence-electron chi connectivity index (χ3n) is 3.15. The number of benzene rings is 2. The molecule has 0 bridgehead atoms. The van der Waals surface area contributed by atoms with E-state index >= 15 is 0 Å². The lowest BCUT2D eigenvalue weighted by Gasteiger charge is -1.93. The van der Waals surface area contributed by atoms with E-state index in [0.717, 1.165) is 15.0 Å². The van der Waals surface area contributed by atoms with Crippen molar-refractivity contribution in [2.45, 2.75) is 0 Å². The molecule has 1 aromatic heterocycles. The van der Waals surface area contributed by atoms with E-state index in [4.69, 9.17) is 0 Å². The van der Waals surface area contributed by atoms with Crippen LogP contribution in [0.1, 0.15) is 5.56 Å². The molecule has 7 heteroatoms. The van der Waals surface area contributed by atoms with E-state index in [-0.39, 0.29) is 5.69 Å². The maximum absolute atomic E-state index is 10.7. The number of fused-ring (bicyclic) bond motifs is 1. The Morgan fingerprint density at radius 2 is 2.05 bits per heavy atom. The Balaban J connectivity index is 1.93. The van der Waals surface area contributed by atoms with Gasteiger partial charge in [-0.3, -0.25) is 10.1 Å². The smallest absolute Gasteiger partial charge is 0.270 e. The molecule has 0 radical (unpaired) electrons. The fourth-order valence-electron chi connectivity index (χ4n) is 2.04. The highest BCUT2D eigenvalue weighted by Gasteiger charge is 2.04. The van der Waals surface area contributed by atoms with Crippen LogP contribution >= 0.6 is 11.3 Å². The third-order valence-corrected chi connectivity index (χ3v) is 4.25. The van der Waals surface area contributed by atoms with Gasteiger partial charge in [0.2, 0.25) is 4.80 Å². The molecule has 0 atom stereocenters. The van der Waals surface area contributed by atoms with Crippen molar-refractivity contribution in [3.8, 4) is 0 Å². The van der Waals surface area contributed by atoms with Crippen LogP contribution in [0, 0.1) is 10.1 Å². The molecule has 110 valence electrons. The van der Waals surface area contributed by atoms with Crippen LogP contribution < -0.4 is 4.80 Å². The summed E-state index contributed by atoms with van der Waals surface area (Å²) in [5.41, 5.74) is 1.77. The lowest BCUT2D eigenvalue weighted by Crippen LogP contribution is -2.08. The molecule has 0 N–H and O–H groups in total. The van der Waals surface area contributed by atoms with Gasteiger partial charge < -0.3 is 4.57 Å². The zero-order valence-electron chi connectivity index (χ0n) is 11.7. The summed E-state index contributed by atoms with van der Waals surface area (Å²) in [5.74, 6) is 0. The van der Waals surface area contributed by atoms with Crippen LogP contribution in [0.5, 0.6) is 0 Å². The van der Waals surface area contributed by atoms with Gasteiger partial charge in [-0.2, -0.15) is 5.10 Å². The van der Waals surface area contributed by atoms with Gasteiger partial charge in [0.05, 0.1) is 21.4 Å². The molecule has 22 heavy (non-hydrogen) atoms. The standard InChI is InChI=1S/C15H12N4O2S/c1-18-13-7-2-3-8-14(13)22-15(18)17-16-10-11-5-4-6-12(9-11)19(20)21/h2-10H,1H3/b16-10+,17-15+. The molecular formula is C15H12N4O2S. The van der Waals surface area contributed by atoms with Crippen LogP contribution in [0.4, 0.5) is 5.69 Å². The molecule has 1 heterocycles. The first-order valence-electron chi connectivity index (χ1n) is 6.51. The first-order chi connectivity index (χ1) is 10.6. The van der Waals surface area contributed by atoms with Gasteiger partial charge in [0.15, 0.2) is 0 Å². The first-order valence-corrected chi connectivity index (χ1v) is 7.33. The van der Waals surface area contributed by atoms with Crippen LogP contribution in [-0.2, 0) is 7.05 Å². The van der Waals surface area contributed by atoms with Gasteiger partial charge in [-0.25, -0.2) is 0 Å². The number of non-ortho nitro benzene ring substituents is 1. The van der Waals surface area contributed by atoms with Crippen LogP contribution in [0.15, 0.2) is 58.7 Å². The lowest BCUT2D eigenvalue weighted by atomic mass is 10.2. The number of nitrogens with zero attached hydrogens (tertiary/aromatic N) is 4. The van der Waals surface area contributed by atoms with Gasteiger partial charge >= 0.3 is 0 Å². The van der Waals surface area contributed by atoms with Crippen molar-refractivity contribution in [1.82, 2.24) is 4.57 Å². The van der Waals surface area contributed by atoms with Crippen LogP contribution in [0.25, 0.3) is 10.2 Å². The molecule has 3 rings (SSSR count). The molecule has 0 amide bonds. The largest absolute Gasteiger partial charge is 0.318 e. The van der Waals surface area contributed by atoms with Crippen molar-refractivity contribution in [3.05, 3.63) is 69.0 Å². The van der Waals surface area contributed by atoms with E-state index in [0.29, 0.717) is 5.56 Å². The molecule has 0 aliphatic heterocycles. The minimum atomic E-state index is -0.430. The summed E-state index contributed by atoms with van der Waals surface area (Å²) in [7, 11) is 1.93. The summed E-state index contributed by atoms with van der Waals surface area (Å²) in [6, 6.07) is 14.3. The van der Waals surface area contributed by atoms with E-state index < -0.39 is 4.92 Å². The average Bonchev–Trinajstić information content (AvgIpc) is 2.85. The molecule has 0 spiro atoms. The van der Waals surface area contributed by atoms with E-state index in [1.54, 1.807) is 23.5 Å². The second-order valence-electron chi connectivity index (χ2n) is 4.61. The molecular weight excluding hydrogens is 300 g/mol. The fraction of sp³-hybridized carbons (Fsp3) is 0.0667. The van der Waals surface area contributed by atoms with Gasteiger partial charge in [0.1, 0.15) is 0 Å². The van der Waals surface area contributed by atoms with E-state index in [2.05, 4.69) is 10.2 Å². The Morgan fingerprint density at radius 3 is 2.82 bits per heavy atom. The SMILES string of the molecule is Cn1/c(=N\N=C\c2cccc([N+](=O)[O-])c2)sc2ccccc21. The van der Waals surface area contributed by atoms with Crippen molar-refractivity contribution in [2.24, 2.45) is 17.3 Å². The third kappa shape index (κ3) is 2.79. The number of hydrogen-bond acceptors (Lipinski definition) is 5. The summed E-state index contributed by atoms with van der Waals surface area (Å²) < 4.78 is 3.10. The summed E-state index contributed by atoms with van der Waals surface area (Å²) in [6.07, 6.45) is 1.51. The highest BCUT2D eigenvalue weighted by Crippen LogP contribution is 2.15. The minimum Gasteiger partial charge on any atom is -0.318 e. The first kappa shape index (κ1) is 14.2. The molecule has 0 saturated carbocycles. The van der Waals surface area contributed by atoms with Crippen LogP contribution in [0.3, 0.4) is 0 Å². The topological polar surface area (TPSA) is 72.8 Å². The highest BCUT2D eigenvalue weighted by atomic mass is 32.1. The van der Waals surface area contributed by atoms with Gasteiger partial charge in [-0.05, 0) is 12.1 Å². The highest BCUT2D eigenvalue weighted by molar-refractivity contribution is 7.16. The number of nitro benzene ring substituents is 1. The average molecular weight is 312 g/mol. The van der Waals surface area contributed by atoms with E-state index in [1.165, 1.54) is 18.3 Å². The zero-order valence-corrected chi connectivity index (χ0v) is 12.5. The quantitative estimate of drug-likeness (QED) is 0.423. The van der Waals surface area contributed by atoms with Crippen molar-refractivity contribution in [2.75, 3.05) is 0 Å². The molecule has 0 aliphatic rings. The summed E-state index contributed by atoms with van der Waals surface area (Å²) >= 11 is 1.54. The number of nitro groups is 1. The fourth-order valence-corrected chi connectivity index (χ4v) is 3.02. The lowest BCUT2D eigenvalue weighted by molar-refractivity contribution is -0.384. The maximum atomic E-state index is 10.7. The van der Waals surface area contributed by atoms with Crippen LogP contribution in [-0.4, -0.2) is 15.7 Å². The molecule has 0 unspecified atom stereocenters. The van der Waals surface area contributed by atoms with E-state index in [1.807, 2.05) is 35.9 Å². The normalized spacial score (nSPS) is 12.3. The van der Waals surface area contributed by atoms with E-state index in [9.17, 15) is 10.1 Å². The summed E-state index contributed by atoms with van der Waals surface area (Å²) in [4.78, 5) is 11.1. The Kier molecular flexibility index (Phi) is 3.80. The predicted molar refractivity (Wildman–Crippen MR) is 87.0 cm³/mol. The Bertz CT molecular complexity index is 940. The number of aryl methyl sites for hydroxylation is 1. The Morgan fingerprint density at radius 1 is 1.23 bits per heavy atom. The molecule has 0 fully saturated rings. The van der Waals surface area contributed by atoms with Crippen LogP contribution in [0.2, 0.25) is 0 Å². The number of thiazole rings is 1. The molecule has 3 aromatic rings. The second-order valence-corrected chi connectivity index (χ2v) is 5.62.